The number of hydrogen-bond acceptors (Lipinski definition) is 4. The Hall–Kier alpha value is -1.59. The molecule has 0 saturated carbocycles. The van der Waals surface area contributed by atoms with Crippen LogP contribution in [0.25, 0.3) is 0 Å². The zero-order valence-corrected chi connectivity index (χ0v) is 12.1. The third-order valence-electron chi connectivity index (χ3n) is 3.89. The van der Waals surface area contributed by atoms with Crippen molar-refractivity contribution in [3.8, 4) is 0 Å². The summed E-state index contributed by atoms with van der Waals surface area (Å²) in [6, 6.07) is 5.79. The summed E-state index contributed by atoms with van der Waals surface area (Å²) in [4.78, 5) is 2.27. The molecule has 2 rings (SSSR count). The van der Waals surface area contributed by atoms with Crippen molar-refractivity contribution in [2.45, 2.75) is 38.8 Å². The Morgan fingerprint density at radius 3 is 2.85 bits per heavy atom. The first-order valence-corrected chi connectivity index (χ1v) is 6.93. The standard InChI is InChI=1S/C15H23N3O2/c1-11-8-12(14(16)17-20)4-5-13(11)9-18-7-3-6-15(2,19)10-18/h4-5,8,19-20H,3,6-7,9-10H2,1-2H3,(H2,16,17). The van der Waals surface area contributed by atoms with Crippen molar-refractivity contribution >= 4 is 5.84 Å². The molecule has 0 radical (unpaired) electrons. The van der Waals surface area contributed by atoms with E-state index in [1.165, 1.54) is 5.56 Å². The third-order valence-corrected chi connectivity index (χ3v) is 3.89. The molecule has 1 unspecified atom stereocenters. The molecule has 5 heteroatoms. The van der Waals surface area contributed by atoms with E-state index in [1.54, 1.807) is 0 Å². The Morgan fingerprint density at radius 2 is 2.25 bits per heavy atom. The fraction of sp³-hybridized carbons (Fsp3) is 0.533. The number of rotatable bonds is 3. The highest BCUT2D eigenvalue weighted by Gasteiger charge is 2.28. The van der Waals surface area contributed by atoms with Gasteiger partial charge in [0.2, 0.25) is 0 Å². The number of nitrogens with two attached hydrogens (primary N) is 1. The Kier molecular flexibility index (Phi) is 4.30. The predicted molar refractivity (Wildman–Crippen MR) is 78.8 cm³/mol. The molecule has 1 aromatic carbocycles. The van der Waals surface area contributed by atoms with Crippen LogP contribution in [0, 0.1) is 6.92 Å². The number of amidine groups is 1. The number of likely N-dealkylation sites (tertiary alicyclic amines) is 1. The van der Waals surface area contributed by atoms with Gasteiger partial charge in [0, 0.05) is 18.7 Å². The van der Waals surface area contributed by atoms with Crippen LogP contribution in [0.3, 0.4) is 0 Å². The molecule has 1 atom stereocenters. The summed E-state index contributed by atoms with van der Waals surface area (Å²) in [7, 11) is 0. The van der Waals surface area contributed by atoms with Crippen LogP contribution < -0.4 is 5.73 Å². The number of piperidine rings is 1. The lowest BCUT2D eigenvalue weighted by molar-refractivity contribution is -0.0182. The first kappa shape index (κ1) is 14.8. The molecule has 0 aliphatic carbocycles. The molecule has 1 saturated heterocycles. The van der Waals surface area contributed by atoms with Crippen LogP contribution in [0.2, 0.25) is 0 Å². The molecule has 1 aromatic rings. The van der Waals surface area contributed by atoms with Gasteiger partial charge in [0.15, 0.2) is 5.84 Å². The Bertz CT molecular complexity index is 512. The fourth-order valence-electron chi connectivity index (χ4n) is 2.79. The molecule has 1 heterocycles. The van der Waals surface area contributed by atoms with E-state index < -0.39 is 5.60 Å². The molecular weight excluding hydrogens is 254 g/mol. The minimum absolute atomic E-state index is 0.126. The SMILES string of the molecule is Cc1cc(/C(N)=N/O)ccc1CN1CCCC(C)(O)C1. The second-order valence-electron chi connectivity index (χ2n) is 5.94. The Labute approximate surface area is 119 Å². The molecule has 20 heavy (non-hydrogen) atoms. The monoisotopic (exact) mass is 277 g/mol. The second-order valence-corrected chi connectivity index (χ2v) is 5.94. The van der Waals surface area contributed by atoms with Crippen LogP contribution in [0.15, 0.2) is 23.4 Å². The number of β-amino-alcohol motifs (C(OH)–C–C–N with tert-alkyl or cyclic N) is 1. The van der Waals surface area contributed by atoms with E-state index in [1.807, 2.05) is 32.0 Å². The molecule has 0 spiro atoms. The van der Waals surface area contributed by atoms with Crippen molar-refractivity contribution in [2.24, 2.45) is 10.9 Å². The maximum atomic E-state index is 10.1. The predicted octanol–water partition coefficient (Wildman–Crippen LogP) is 1.44. The number of hydrogen-bond donors (Lipinski definition) is 3. The van der Waals surface area contributed by atoms with Gasteiger partial charge in [-0.15, -0.1) is 0 Å². The van der Waals surface area contributed by atoms with Gasteiger partial charge in [-0.25, -0.2) is 0 Å². The third kappa shape index (κ3) is 3.49. The molecule has 4 N–H and O–H groups in total. The highest BCUT2D eigenvalue weighted by atomic mass is 16.4. The summed E-state index contributed by atoms with van der Waals surface area (Å²) in [5.41, 5.74) is 8.04. The lowest BCUT2D eigenvalue weighted by atomic mass is 9.94. The first-order chi connectivity index (χ1) is 9.41. The van der Waals surface area contributed by atoms with E-state index in [9.17, 15) is 5.11 Å². The summed E-state index contributed by atoms with van der Waals surface area (Å²) in [5, 5.41) is 21.8. The van der Waals surface area contributed by atoms with Gasteiger partial charge in [0.1, 0.15) is 0 Å². The highest BCUT2D eigenvalue weighted by Crippen LogP contribution is 2.23. The van der Waals surface area contributed by atoms with Crippen molar-refractivity contribution in [3.63, 3.8) is 0 Å². The summed E-state index contributed by atoms with van der Waals surface area (Å²) in [5.74, 6) is 0.126. The molecule has 1 aliphatic rings. The minimum Gasteiger partial charge on any atom is -0.409 e. The van der Waals surface area contributed by atoms with Crippen LogP contribution >= 0.6 is 0 Å². The van der Waals surface area contributed by atoms with Crippen molar-refractivity contribution in [1.29, 1.82) is 0 Å². The van der Waals surface area contributed by atoms with Crippen LogP contribution in [-0.4, -0.2) is 39.7 Å². The summed E-state index contributed by atoms with van der Waals surface area (Å²) < 4.78 is 0. The Balaban J connectivity index is 2.10. The normalized spacial score (nSPS) is 24.9. The van der Waals surface area contributed by atoms with Gasteiger partial charge < -0.3 is 16.0 Å². The maximum Gasteiger partial charge on any atom is 0.170 e. The topological polar surface area (TPSA) is 82.1 Å². The molecule has 0 aromatic heterocycles. The molecule has 1 aliphatic heterocycles. The van der Waals surface area contributed by atoms with Crippen molar-refractivity contribution in [1.82, 2.24) is 4.90 Å². The summed E-state index contributed by atoms with van der Waals surface area (Å²) >= 11 is 0. The fourth-order valence-corrected chi connectivity index (χ4v) is 2.79. The summed E-state index contributed by atoms with van der Waals surface area (Å²) in [6.07, 6.45) is 1.89. The van der Waals surface area contributed by atoms with Crippen LogP contribution in [-0.2, 0) is 6.54 Å². The van der Waals surface area contributed by atoms with Crippen molar-refractivity contribution in [3.05, 3.63) is 34.9 Å². The quantitative estimate of drug-likeness (QED) is 0.338. The molecule has 0 bridgehead atoms. The van der Waals surface area contributed by atoms with E-state index in [2.05, 4.69) is 10.1 Å². The van der Waals surface area contributed by atoms with E-state index >= 15 is 0 Å². The number of nitrogens with zero attached hydrogens (tertiary/aromatic N) is 2. The average Bonchev–Trinajstić information content (AvgIpc) is 2.39. The summed E-state index contributed by atoms with van der Waals surface area (Å²) in [6.45, 7) is 6.45. The van der Waals surface area contributed by atoms with E-state index in [0.717, 1.165) is 37.1 Å². The molecular formula is C15H23N3O2. The Morgan fingerprint density at radius 1 is 1.50 bits per heavy atom. The zero-order valence-electron chi connectivity index (χ0n) is 12.1. The minimum atomic E-state index is -0.583. The van der Waals surface area contributed by atoms with Gasteiger partial charge >= 0.3 is 0 Å². The number of aliphatic hydroxyl groups is 1. The van der Waals surface area contributed by atoms with Crippen molar-refractivity contribution < 1.29 is 10.3 Å². The van der Waals surface area contributed by atoms with Gasteiger partial charge in [0.25, 0.3) is 0 Å². The number of aryl methyl sites for hydroxylation is 1. The average molecular weight is 277 g/mol. The van der Waals surface area contributed by atoms with Gasteiger partial charge in [-0.05, 0) is 50.4 Å². The van der Waals surface area contributed by atoms with E-state index in [4.69, 9.17) is 10.9 Å². The second kappa shape index (κ2) is 5.81. The van der Waals surface area contributed by atoms with Crippen molar-refractivity contribution in [2.75, 3.05) is 13.1 Å². The van der Waals surface area contributed by atoms with Gasteiger partial charge in [0.05, 0.1) is 5.60 Å². The molecule has 110 valence electrons. The van der Waals surface area contributed by atoms with E-state index in [0.29, 0.717) is 6.54 Å². The highest BCUT2D eigenvalue weighted by molar-refractivity contribution is 5.97. The first-order valence-electron chi connectivity index (χ1n) is 6.93. The van der Waals surface area contributed by atoms with E-state index in [-0.39, 0.29) is 5.84 Å². The van der Waals surface area contributed by atoms with Crippen LogP contribution in [0.5, 0.6) is 0 Å². The zero-order chi connectivity index (χ0) is 14.8. The molecule has 0 amide bonds. The smallest absolute Gasteiger partial charge is 0.170 e. The largest absolute Gasteiger partial charge is 0.409 e. The number of oxime groups is 1. The van der Waals surface area contributed by atoms with Gasteiger partial charge in [-0.3, -0.25) is 4.90 Å². The van der Waals surface area contributed by atoms with Crippen LogP contribution in [0.1, 0.15) is 36.5 Å². The molecule has 1 fully saturated rings. The lowest BCUT2D eigenvalue weighted by Gasteiger charge is -2.37. The van der Waals surface area contributed by atoms with Gasteiger partial charge in [-0.2, -0.15) is 0 Å². The van der Waals surface area contributed by atoms with Gasteiger partial charge in [-0.1, -0.05) is 17.3 Å². The molecule has 5 nitrogen and oxygen atoms in total. The number of benzene rings is 1. The lowest BCUT2D eigenvalue weighted by Crippen LogP contribution is -2.45. The maximum absolute atomic E-state index is 10.1. The van der Waals surface area contributed by atoms with Crippen LogP contribution in [0.4, 0.5) is 0 Å².